The molecule has 3 aliphatic heterocycles. The van der Waals surface area contributed by atoms with E-state index in [0.717, 1.165) is 71.1 Å². The molecule has 0 saturated carbocycles. The third kappa shape index (κ3) is 19.5. The van der Waals surface area contributed by atoms with Crippen molar-refractivity contribution in [2.75, 3.05) is 46.0 Å². The molecule has 29 nitrogen and oxygen atoms in total. The Balaban J connectivity index is 1.33. The smallest absolute Gasteiger partial charge is 0.261 e. The number of nitrogens with zero attached hydrogens (tertiary/aromatic N) is 2. The molecule has 0 radical (unpaired) electrons. The summed E-state index contributed by atoms with van der Waals surface area (Å²) in [6.45, 7) is 2.45. The molecule has 1 unspecified atom stereocenters. The predicted molar refractivity (Wildman–Crippen MR) is 313 cm³/mol. The predicted octanol–water partition coefficient (Wildman–Crippen LogP) is -2.33. The molecule has 3 saturated heterocycles. The van der Waals surface area contributed by atoms with Crippen LogP contribution in [0, 0.1) is 5.92 Å². The van der Waals surface area contributed by atoms with Gasteiger partial charge in [-0.3, -0.25) is 33.6 Å². The highest BCUT2D eigenvalue weighted by molar-refractivity contribution is 7.90. The maximum atomic E-state index is 14.9. The number of carbonyl (C=O) groups excluding carboxylic acids is 7. The number of aromatic hydroxyl groups is 1. The lowest BCUT2D eigenvalue weighted by Gasteiger charge is -2.34. The molecule has 484 valence electrons. The topological polar surface area (TPSA) is 437 Å². The molecule has 13 atom stereocenters. The van der Waals surface area contributed by atoms with Gasteiger partial charge in [0.05, 0.1) is 62.5 Å². The molecule has 6 rings (SSSR count). The second-order valence-electron chi connectivity index (χ2n) is 22.0. The summed E-state index contributed by atoms with van der Waals surface area (Å²) in [5.74, 6) is -8.82. The van der Waals surface area contributed by atoms with Crippen LogP contribution in [-0.4, -0.2) is 227 Å². The number of rotatable bonds is 24. The summed E-state index contributed by atoms with van der Waals surface area (Å²) in [6.07, 6.45) is -6.90. The van der Waals surface area contributed by atoms with Crippen LogP contribution >= 0.6 is 12.3 Å². The van der Waals surface area contributed by atoms with Crippen molar-refractivity contribution in [3.05, 3.63) is 83.9 Å². The number of hydrogen-bond acceptors (Lipinski definition) is 23. The molecule has 7 amide bonds. The number of aliphatic hydroxyl groups is 8. The van der Waals surface area contributed by atoms with Gasteiger partial charge in [0.15, 0.2) is 11.5 Å². The van der Waals surface area contributed by atoms with E-state index in [-0.39, 0.29) is 36.7 Å². The van der Waals surface area contributed by atoms with Gasteiger partial charge in [0.2, 0.25) is 41.4 Å². The van der Waals surface area contributed by atoms with Crippen LogP contribution in [0.1, 0.15) is 70.4 Å². The van der Waals surface area contributed by atoms with Crippen LogP contribution in [0.5, 0.6) is 17.2 Å². The zero-order valence-corrected chi connectivity index (χ0v) is 49.6. The van der Waals surface area contributed by atoms with E-state index in [0.29, 0.717) is 12.2 Å². The molecule has 0 spiro atoms. The van der Waals surface area contributed by atoms with Crippen LogP contribution < -0.4 is 40.8 Å². The van der Waals surface area contributed by atoms with Crippen LogP contribution in [-0.2, 0) is 49.4 Å². The first-order valence-corrected chi connectivity index (χ1v) is 29.5. The van der Waals surface area contributed by atoms with Gasteiger partial charge in [0.1, 0.15) is 42.0 Å². The molecule has 0 bridgehead atoms. The number of aliphatic hydroxyl groups excluding tert-OH is 8. The lowest BCUT2D eigenvalue weighted by Crippen LogP contribution is -2.64. The Hall–Kier alpha value is -7.04. The summed E-state index contributed by atoms with van der Waals surface area (Å²) < 4.78 is 15.2. The molecule has 30 heteroatoms. The van der Waals surface area contributed by atoms with Gasteiger partial charge in [0.25, 0.3) is 12.3 Å². The van der Waals surface area contributed by atoms with Crippen LogP contribution in [0.4, 0.5) is 0 Å². The van der Waals surface area contributed by atoms with Crippen LogP contribution in [0.2, 0.25) is 0 Å². The fourth-order valence-electron chi connectivity index (χ4n) is 10.3. The van der Waals surface area contributed by atoms with Crippen molar-refractivity contribution in [2.45, 2.75) is 145 Å². The van der Waals surface area contributed by atoms with Gasteiger partial charge in [-0.2, -0.15) is 0 Å². The van der Waals surface area contributed by atoms with Crippen molar-refractivity contribution in [1.29, 1.82) is 0 Å². The molecule has 3 aromatic rings. The number of ether oxygens (including phenoxy) is 1. The number of phenols is 1. The molecular formula is C58H80N8O21S. The molecule has 16 N–H and O–H groups in total. The maximum absolute atomic E-state index is 14.9. The molecule has 0 aliphatic carbocycles. The first-order chi connectivity index (χ1) is 42.1. The fraction of sp³-hybridized carbons (Fsp3) is 0.534. The molecule has 3 aliphatic rings. The zero-order valence-electron chi connectivity index (χ0n) is 48.8. The Morgan fingerprint density at radius 1 is 0.784 bits per heavy atom. The summed E-state index contributed by atoms with van der Waals surface area (Å²) in [6, 6.07) is 6.09. The van der Waals surface area contributed by atoms with Crippen molar-refractivity contribution < 1.29 is 103 Å². The van der Waals surface area contributed by atoms with Crippen LogP contribution in [0.15, 0.2) is 72.8 Å². The van der Waals surface area contributed by atoms with Crippen LogP contribution in [0.3, 0.4) is 0 Å². The van der Waals surface area contributed by atoms with E-state index < -0.39 is 184 Å². The molecule has 3 fully saturated rings. The van der Waals surface area contributed by atoms with E-state index in [1.165, 1.54) is 19.1 Å². The van der Waals surface area contributed by atoms with Gasteiger partial charge in [0, 0.05) is 50.9 Å². The van der Waals surface area contributed by atoms with E-state index in [9.17, 15) is 79.5 Å². The van der Waals surface area contributed by atoms with Crippen molar-refractivity contribution in [3.8, 4) is 28.4 Å². The number of carbonyl (C=O) groups is 7. The first-order valence-electron chi connectivity index (χ1n) is 28.9. The number of β-amino-alcohol motifs (C(OH)–C–C–N with tert-alkyl or cyclic N) is 1. The average molecular weight is 1260 g/mol. The van der Waals surface area contributed by atoms with Crippen molar-refractivity contribution in [2.24, 2.45) is 5.92 Å². The second-order valence-corrected chi connectivity index (χ2v) is 22.4. The van der Waals surface area contributed by atoms with Gasteiger partial charge in [-0.25, -0.2) is 5.26 Å². The van der Waals surface area contributed by atoms with Gasteiger partial charge in [-0.1, -0.05) is 78.5 Å². The summed E-state index contributed by atoms with van der Waals surface area (Å²) in [4.78, 5) is 103. The summed E-state index contributed by atoms with van der Waals surface area (Å²) in [5, 5.41) is 125. The monoisotopic (exact) mass is 1260 g/mol. The quantitative estimate of drug-likeness (QED) is 0.0147. The number of nitrogens with one attached hydrogen (secondary N) is 6. The largest absolute Gasteiger partial charge is 0.504 e. The highest BCUT2D eigenvalue weighted by Gasteiger charge is 2.50. The van der Waals surface area contributed by atoms with Gasteiger partial charge < -0.3 is 96.6 Å². The number of fused-ring (bicyclic) bond motifs is 2. The minimum Gasteiger partial charge on any atom is -0.504 e. The second kappa shape index (κ2) is 34.1. The molecule has 0 aromatic heterocycles. The Bertz CT molecular complexity index is 2830. The first kappa shape index (κ1) is 70.1. The molecule has 88 heavy (non-hydrogen) atoms. The van der Waals surface area contributed by atoms with Gasteiger partial charge in [-0.15, -0.1) is 0 Å². The van der Waals surface area contributed by atoms with Crippen molar-refractivity contribution in [1.82, 2.24) is 41.7 Å². The van der Waals surface area contributed by atoms with E-state index in [1.54, 1.807) is 12.1 Å². The van der Waals surface area contributed by atoms with E-state index >= 15 is 0 Å². The van der Waals surface area contributed by atoms with Crippen LogP contribution in [0.25, 0.3) is 17.2 Å². The lowest BCUT2D eigenvalue weighted by molar-refractivity contribution is -0.433. The lowest BCUT2D eigenvalue weighted by atomic mass is 9.98. The van der Waals surface area contributed by atoms with Gasteiger partial charge >= 0.3 is 0 Å². The highest BCUT2D eigenvalue weighted by Crippen LogP contribution is 2.32. The van der Waals surface area contributed by atoms with E-state index in [4.69, 9.17) is 14.2 Å². The number of benzene rings is 3. The fourth-order valence-corrected chi connectivity index (χ4v) is 10.6. The summed E-state index contributed by atoms with van der Waals surface area (Å²) in [5.41, 5.74) is 2.45. The normalized spacial score (nSPS) is 25.4. The third-order valence-electron chi connectivity index (χ3n) is 15.3. The SMILES string of the molecule is CCCCCOc1ccc(-c2ccc(/C=C/C(=O)NC3C[C@@H](O)CNC(=O)[C@@H]4[C@@H](O)[C@@H](C)CN4C(=O)[C@H]([C@H](O)CCNC(CO)CO)NC(=O)[C@H]([C@H](O)Cc4ccc(O)c(OSOOO)c4)NC(=O)[C@@H]4C[C@@H](O)CN4C(=O)[C@H]([C@@H](C)O)NC3=O)cc2)cc1. The van der Waals surface area contributed by atoms with Gasteiger partial charge in [-0.05, 0) is 78.9 Å². The molecular weight excluding hydrogens is 1180 g/mol. The standard InChI is InChI=1S/C58H80N8O21S/c1-4-5-6-21-84-40-15-13-36(14-16-40)35-11-7-33(8-12-35)10-18-47(75)61-41-24-38(70)26-60-56(80)51-52(76)31(2)27-66(51)58(82)50(44(73)19-20-59-37(29-67)30-68)64-55(79)49(45(74)22-34-9-17-43(72)46(23-34)85-88-87-86-83)63-54(78)42-25-39(71)28-65(42)57(81)48(32(3)69)62-53(41)77/h7-18,23,31-32,37-39,41-42,44-45,48-52,59,67-74,76,83H,4-6,19-22,24-30H2,1-3H3,(H,60,80)(H,61,75)(H,62,77)(H,63,78)(H,64,79)/b18-10+/t31-,32+,38+,39+,41?,42-,44+,45+,48-,49-,50-,51-,52-/m0/s1. The van der Waals surface area contributed by atoms with E-state index in [2.05, 4.69) is 48.2 Å². The molecule has 3 heterocycles. The summed E-state index contributed by atoms with van der Waals surface area (Å²) >= 11 is 0.0679. The molecule has 3 aromatic carbocycles. The van der Waals surface area contributed by atoms with Crippen molar-refractivity contribution >= 4 is 59.7 Å². The van der Waals surface area contributed by atoms with E-state index in [1.807, 2.05) is 36.4 Å². The summed E-state index contributed by atoms with van der Waals surface area (Å²) in [7, 11) is 0. The maximum Gasteiger partial charge on any atom is 0.261 e. The Kier molecular flexibility index (Phi) is 27.1. The Morgan fingerprint density at radius 3 is 2.10 bits per heavy atom. The third-order valence-corrected chi connectivity index (χ3v) is 15.6. The number of amides is 7. The Morgan fingerprint density at radius 2 is 1.44 bits per heavy atom. The minimum atomic E-state index is -2.15. The number of unbranched alkanes of at least 4 members (excludes halogenated alkanes) is 2. The highest BCUT2D eigenvalue weighted by atomic mass is 32.2. The Labute approximate surface area is 511 Å². The number of hydrogen-bond donors (Lipinski definition) is 16. The number of phenolic OH excluding ortho intramolecular Hbond substituents is 1. The average Bonchev–Trinajstić information content (AvgIpc) is 2.62. The minimum absolute atomic E-state index is 0.0679. The van der Waals surface area contributed by atoms with Crippen molar-refractivity contribution in [3.63, 3.8) is 0 Å². The zero-order chi connectivity index (χ0) is 64.2.